The van der Waals surface area contributed by atoms with E-state index >= 15 is 0 Å². The molecule has 0 spiro atoms. The Morgan fingerprint density at radius 2 is 2.54 bits per heavy atom. The molecule has 1 aromatic rings. The van der Waals surface area contributed by atoms with Gasteiger partial charge in [-0.25, -0.2) is 9.79 Å². The number of thiophene rings is 1. The minimum absolute atomic E-state index is 0.258. The molecule has 1 aliphatic rings. The summed E-state index contributed by atoms with van der Waals surface area (Å²) in [6.07, 6.45) is 2.48. The molecule has 5 heteroatoms. The fourth-order valence-corrected chi connectivity index (χ4v) is 2.87. The van der Waals surface area contributed by atoms with Crippen LogP contribution in [-0.4, -0.2) is 23.0 Å². The van der Waals surface area contributed by atoms with Gasteiger partial charge in [0.05, 0.1) is 9.90 Å². The summed E-state index contributed by atoms with van der Waals surface area (Å²) in [5.41, 5.74) is 1.10. The van der Waals surface area contributed by atoms with Crippen LogP contribution < -0.4 is 0 Å². The van der Waals surface area contributed by atoms with Crippen LogP contribution in [0.4, 0.5) is 5.69 Å². The number of carboxylic acid groups (broad SMARTS) is 1. The van der Waals surface area contributed by atoms with E-state index in [2.05, 4.69) is 4.99 Å². The largest absolute Gasteiger partial charge is 0.477 e. The Hall–Kier alpha value is -0.810. The highest BCUT2D eigenvalue weighted by Gasteiger charge is 2.22. The minimum atomic E-state index is -0.908. The molecule has 0 saturated heterocycles. The Balaban J connectivity index is 2.33. The zero-order valence-electron chi connectivity index (χ0n) is 6.90. The molecule has 0 radical (unpaired) electrons. The van der Waals surface area contributed by atoms with Crippen molar-refractivity contribution in [2.45, 2.75) is 10.6 Å². The molecule has 0 amide bonds. The number of rotatable bonds is 2. The molecule has 68 valence electrons. The number of hydrogen-bond acceptors (Lipinski definition) is 4. The maximum atomic E-state index is 10.6. The average Bonchev–Trinajstić information content (AvgIpc) is 2.58. The number of thioether (sulfide) groups is 1. The molecule has 13 heavy (non-hydrogen) atoms. The Morgan fingerprint density at radius 1 is 1.77 bits per heavy atom. The number of fused-ring (bicyclic) bond motifs is 1. The summed E-state index contributed by atoms with van der Waals surface area (Å²) in [5, 5.41) is 8.70. The van der Waals surface area contributed by atoms with Crippen molar-refractivity contribution in [3.63, 3.8) is 0 Å². The summed E-state index contributed by atoms with van der Waals surface area (Å²) in [4.78, 5) is 15.7. The number of aliphatic carboxylic acids is 1. The van der Waals surface area contributed by atoms with E-state index in [0.717, 1.165) is 10.6 Å². The summed E-state index contributed by atoms with van der Waals surface area (Å²) < 4.78 is 1.19. The second-order valence-electron chi connectivity index (χ2n) is 2.62. The number of carbonyl (C=O) groups is 1. The third-order valence-corrected chi connectivity index (χ3v) is 3.98. The molecular formula is C8H7NO2S2. The second kappa shape index (κ2) is 3.16. The molecule has 1 N–H and O–H groups in total. The van der Waals surface area contributed by atoms with E-state index in [1.807, 2.05) is 12.3 Å². The van der Waals surface area contributed by atoms with Gasteiger partial charge >= 0.3 is 5.97 Å². The van der Waals surface area contributed by atoms with Crippen LogP contribution in [0.25, 0.3) is 0 Å². The van der Waals surface area contributed by atoms with Crippen LogP contribution in [-0.2, 0) is 11.2 Å². The first kappa shape index (κ1) is 8.77. The first-order valence-electron chi connectivity index (χ1n) is 3.68. The maximum absolute atomic E-state index is 10.6. The van der Waals surface area contributed by atoms with Crippen LogP contribution in [0.15, 0.2) is 15.3 Å². The monoisotopic (exact) mass is 213 g/mol. The van der Waals surface area contributed by atoms with Gasteiger partial charge in [-0.1, -0.05) is 0 Å². The number of carboxylic acids is 1. The minimum Gasteiger partial charge on any atom is -0.477 e. The van der Waals surface area contributed by atoms with Crippen LogP contribution in [0.1, 0.15) is 4.88 Å². The van der Waals surface area contributed by atoms with E-state index < -0.39 is 5.97 Å². The summed E-state index contributed by atoms with van der Waals surface area (Å²) in [6.45, 7) is 0. The fourth-order valence-electron chi connectivity index (χ4n) is 1.18. The molecule has 0 fully saturated rings. The van der Waals surface area contributed by atoms with Gasteiger partial charge in [-0.3, -0.25) is 0 Å². The first-order chi connectivity index (χ1) is 6.20. The Morgan fingerprint density at radius 3 is 3.08 bits per heavy atom. The van der Waals surface area contributed by atoms with Crippen molar-refractivity contribution >= 4 is 40.5 Å². The molecular weight excluding hydrogens is 206 g/mol. The van der Waals surface area contributed by atoms with Gasteiger partial charge in [0.15, 0.2) is 0 Å². The van der Waals surface area contributed by atoms with Gasteiger partial charge in [-0.15, -0.1) is 23.1 Å². The van der Waals surface area contributed by atoms with Crippen molar-refractivity contribution in [2.24, 2.45) is 4.99 Å². The highest BCUT2D eigenvalue weighted by molar-refractivity contribution is 8.00. The zero-order valence-corrected chi connectivity index (χ0v) is 8.54. The van der Waals surface area contributed by atoms with Gasteiger partial charge in [-0.05, 0) is 12.3 Å². The van der Waals surface area contributed by atoms with Crippen molar-refractivity contribution < 1.29 is 9.90 Å². The van der Waals surface area contributed by atoms with Gasteiger partial charge in [-0.2, -0.15) is 0 Å². The lowest BCUT2D eigenvalue weighted by Gasteiger charge is -1.89. The van der Waals surface area contributed by atoms with Crippen LogP contribution >= 0.6 is 23.1 Å². The summed E-state index contributed by atoms with van der Waals surface area (Å²) in [6, 6.07) is 1.95. The molecule has 2 heterocycles. The number of hydrogen-bond donors (Lipinski definition) is 1. The Labute approximate surface area is 83.5 Å². The number of nitrogens with zero attached hydrogens (tertiary/aromatic N) is 1. The molecule has 0 saturated carbocycles. The molecule has 0 unspecified atom stereocenters. The van der Waals surface area contributed by atoms with E-state index in [4.69, 9.17) is 5.11 Å². The molecule has 1 aromatic heterocycles. The lowest BCUT2D eigenvalue weighted by molar-refractivity contribution is -0.129. The molecule has 0 aliphatic carbocycles. The SMILES string of the molecule is CSc1cc2c(s1)CC(C(=O)O)=N2. The zero-order chi connectivity index (χ0) is 9.42. The smallest absolute Gasteiger partial charge is 0.350 e. The highest BCUT2D eigenvalue weighted by Crippen LogP contribution is 2.38. The quantitative estimate of drug-likeness (QED) is 0.766. The van der Waals surface area contributed by atoms with Gasteiger partial charge in [0.1, 0.15) is 5.71 Å². The molecule has 0 bridgehead atoms. The third kappa shape index (κ3) is 1.49. The predicted octanol–water partition coefficient (Wildman–Crippen LogP) is 2.18. The van der Waals surface area contributed by atoms with Crippen LogP contribution in [0.5, 0.6) is 0 Å². The fraction of sp³-hybridized carbons (Fsp3) is 0.250. The van der Waals surface area contributed by atoms with Crippen LogP contribution in [0.3, 0.4) is 0 Å². The Kier molecular flexibility index (Phi) is 2.13. The van der Waals surface area contributed by atoms with E-state index in [1.165, 1.54) is 4.21 Å². The summed E-state index contributed by atoms with van der Waals surface area (Å²) in [5.74, 6) is -0.908. The molecule has 0 aromatic carbocycles. The first-order valence-corrected chi connectivity index (χ1v) is 5.72. The topological polar surface area (TPSA) is 49.7 Å². The standard InChI is InChI=1S/C8H7NO2S2/c1-12-7-3-4-6(13-7)2-5(9-4)8(10)11/h3H,2H2,1H3,(H,10,11). The summed E-state index contributed by atoms with van der Waals surface area (Å²) in [7, 11) is 0. The van der Waals surface area contributed by atoms with E-state index in [0.29, 0.717) is 6.42 Å². The van der Waals surface area contributed by atoms with Gasteiger partial charge in [0.2, 0.25) is 0 Å². The highest BCUT2D eigenvalue weighted by atomic mass is 32.2. The molecule has 3 nitrogen and oxygen atoms in total. The normalized spacial score (nSPS) is 14.1. The summed E-state index contributed by atoms with van der Waals surface area (Å²) >= 11 is 3.29. The van der Waals surface area contributed by atoms with Crippen molar-refractivity contribution in [1.82, 2.24) is 0 Å². The second-order valence-corrected chi connectivity index (χ2v) is 4.86. The lowest BCUT2D eigenvalue weighted by Crippen LogP contribution is -2.11. The van der Waals surface area contributed by atoms with Gasteiger partial charge in [0.25, 0.3) is 0 Å². The molecule has 0 atom stereocenters. The maximum Gasteiger partial charge on any atom is 0.350 e. The van der Waals surface area contributed by atoms with Crippen LogP contribution in [0.2, 0.25) is 0 Å². The number of aliphatic imine (C=N–C) groups is 1. The molecule has 2 rings (SSSR count). The van der Waals surface area contributed by atoms with Crippen LogP contribution in [0, 0.1) is 0 Å². The van der Waals surface area contributed by atoms with Crippen molar-refractivity contribution in [2.75, 3.05) is 6.26 Å². The van der Waals surface area contributed by atoms with E-state index in [9.17, 15) is 4.79 Å². The average molecular weight is 213 g/mol. The van der Waals surface area contributed by atoms with Crippen molar-refractivity contribution in [3.8, 4) is 0 Å². The van der Waals surface area contributed by atoms with Crippen molar-refractivity contribution in [3.05, 3.63) is 10.9 Å². The molecule has 1 aliphatic heterocycles. The van der Waals surface area contributed by atoms with Gasteiger partial charge in [0, 0.05) is 11.3 Å². The van der Waals surface area contributed by atoms with Gasteiger partial charge < -0.3 is 5.11 Å². The lowest BCUT2D eigenvalue weighted by atomic mass is 10.3. The Bertz CT molecular complexity index is 395. The van der Waals surface area contributed by atoms with E-state index in [-0.39, 0.29) is 5.71 Å². The predicted molar refractivity (Wildman–Crippen MR) is 54.5 cm³/mol. The third-order valence-electron chi connectivity index (χ3n) is 1.80. The van der Waals surface area contributed by atoms with Crippen molar-refractivity contribution in [1.29, 1.82) is 0 Å². The van der Waals surface area contributed by atoms with E-state index in [1.54, 1.807) is 23.1 Å².